The number of thiazole rings is 1. The van der Waals surface area contributed by atoms with Gasteiger partial charge in [-0.15, -0.1) is 11.3 Å². The Hall–Kier alpha value is -0.900. The zero-order chi connectivity index (χ0) is 11.8. The van der Waals surface area contributed by atoms with Crippen LogP contribution < -0.4 is 5.73 Å². The molecular formula is C13H13ClN2S. The first-order valence-electron chi connectivity index (χ1n) is 5.73. The minimum Gasteiger partial charge on any atom is -0.330 e. The van der Waals surface area contributed by atoms with E-state index in [4.69, 9.17) is 22.3 Å². The van der Waals surface area contributed by atoms with E-state index in [-0.39, 0.29) is 0 Å². The molecule has 0 amide bonds. The van der Waals surface area contributed by atoms with Gasteiger partial charge in [-0.25, -0.2) is 4.98 Å². The molecule has 1 atom stereocenters. The zero-order valence-electron chi connectivity index (χ0n) is 9.32. The molecule has 1 heterocycles. The SMILES string of the molecule is NCC1CCc2sc(-c3cccc(Cl)c3)nc21. The maximum Gasteiger partial charge on any atom is 0.123 e. The summed E-state index contributed by atoms with van der Waals surface area (Å²) in [5, 5.41) is 1.82. The van der Waals surface area contributed by atoms with Gasteiger partial charge >= 0.3 is 0 Å². The lowest BCUT2D eigenvalue weighted by molar-refractivity contribution is 0.675. The Kier molecular flexibility index (Phi) is 2.90. The fourth-order valence-electron chi connectivity index (χ4n) is 2.28. The highest BCUT2D eigenvalue weighted by Crippen LogP contribution is 2.39. The average molecular weight is 265 g/mol. The average Bonchev–Trinajstić information content (AvgIpc) is 2.87. The van der Waals surface area contributed by atoms with Crippen molar-refractivity contribution in [3.05, 3.63) is 39.9 Å². The summed E-state index contributed by atoms with van der Waals surface area (Å²) in [7, 11) is 0. The Morgan fingerprint density at radius 2 is 2.35 bits per heavy atom. The molecule has 0 aliphatic heterocycles. The summed E-state index contributed by atoms with van der Waals surface area (Å²) in [5.41, 5.74) is 8.08. The molecule has 2 N–H and O–H groups in total. The van der Waals surface area contributed by atoms with Gasteiger partial charge in [-0.3, -0.25) is 0 Å². The molecule has 2 aromatic rings. The van der Waals surface area contributed by atoms with Crippen LogP contribution in [-0.2, 0) is 6.42 Å². The molecule has 1 aromatic carbocycles. The normalized spacial score (nSPS) is 18.4. The molecule has 2 nitrogen and oxygen atoms in total. The number of hydrogen-bond acceptors (Lipinski definition) is 3. The molecule has 4 heteroatoms. The van der Waals surface area contributed by atoms with Crippen molar-refractivity contribution >= 4 is 22.9 Å². The van der Waals surface area contributed by atoms with Crippen molar-refractivity contribution in [2.45, 2.75) is 18.8 Å². The number of fused-ring (bicyclic) bond motifs is 1. The van der Waals surface area contributed by atoms with E-state index in [9.17, 15) is 0 Å². The molecule has 0 radical (unpaired) electrons. The molecule has 0 saturated heterocycles. The van der Waals surface area contributed by atoms with Gasteiger partial charge in [0.15, 0.2) is 0 Å². The second-order valence-corrected chi connectivity index (χ2v) is 5.83. The van der Waals surface area contributed by atoms with Crippen molar-refractivity contribution < 1.29 is 0 Å². The van der Waals surface area contributed by atoms with Gasteiger partial charge in [0.25, 0.3) is 0 Å². The first-order chi connectivity index (χ1) is 8.28. The predicted molar refractivity (Wildman–Crippen MR) is 72.7 cm³/mol. The number of aromatic nitrogens is 1. The Morgan fingerprint density at radius 3 is 3.12 bits per heavy atom. The molecule has 1 unspecified atom stereocenters. The number of halogens is 1. The predicted octanol–water partition coefficient (Wildman–Crippen LogP) is 3.45. The first-order valence-corrected chi connectivity index (χ1v) is 6.93. The van der Waals surface area contributed by atoms with Crippen molar-refractivity contribution in [3.63, 3.8) is 0 Å². The van der Waals surface area contributed by atoms with E-state index in [0.29, 0.717) is 12.5 Å². The molecular weight excluding hydrogens is 252 g/mol. The van der Waals surface area contributed by atoms with Crippen molar-refractivity contribution in [1.29, 1.82) is 0 Å². The van der Waals surface area contributed by atoms with E-state index in [1.807, 2.05) is 18.2 Å². The maximum absolute atomic E-state index is 6.00. The Bertz CT molecular complexity index is 550. The van der Waals surface area contributed by atoms with Crippen LogP contribution in [0.25, 0.3) is 10.6 Å². The second-order valence-electron chi connectivity index (χ2n) is 4.31. The number of nitrogens with two attached hydrogens (primary N) is 1. The Balaban J connectivity index is 2.01. The smallest absolute Gasteiger partial charge is 0.123 e. The van der Waals surface area contributed by atoms with Gasteiger partial charge in [-0.2, -0.15) is 0 Å². The standard InChI is InChI=1S/C13H13ClN2S/c14-10-3-1-2-8(6-10)13-16-12-9(7-15)4-5-11(12)17-13/h1-3,6,9H,4-5,7,15H2. The lowest BCUT2D eigenvalue weighted by atomic mass is 10.1. The summed E-state index contributed by atoms with van der Waals surface area (Å²) in [4.78, 5) is 6.13. The Labute approximate surface area is 109 Å². The minimum atomic E-state index is 0.453. The maximum atomic E-state index is 6.00. The van der Waals surface area contributed by atoms with E-state index in [1.165, 1.54) is 10.6 Å². The largest absolute Gasteiger partial charge is 0.330 e. The summed E-state index contributed by atoms with van der Waals surface area (Å²) in [5.74, 6) is 0.453. The van der Waals surface area contributed by atoms with Crippen molar-refractivity contribution in [2.24, 2.45) is 5.73 Å². The van der Waals surface area contributed by atoms with Gasteiger partial charge in [0, 0.05) is 27.9 Å². The van der Waals surface area contributed by atoms with Crippen LogP contribution in [0, 0.1) is 0 Å². The van der Waals surface area contributed by atoms with Crippen LogP contribution in [0.4, 0.5) is 0 Å². The molecule has 1 aromatic heterocycles. The number of nitrogens with zero attached hydrogens (tertiary/aromatic N) is 1. The highest BCUT2D eigenvalue weighted by atomic mass is 35.5. The summed E-state index contributed by atoms with van der Waals surface area (Å²) in [6.07, 6.45) is 2.27. The van der Waals surface area contributed by atoms with Gasteiger partial charge in [0.05, 0.1) is 5.69 Å². The summed E-state index contributed by atoms with van der Waals surface area (Å²) >= 11 is 7.78. The summed E-state index contributed by atoms with van der Waals surface area (Å²) in [6.45, 7) is 0.700. The van der Waals surface area contributed by atoms with E-state index in [0.717, 1.165) is 28.4 Å². The number of rotatable bonds is 2. The second kappa shape index (κ2) is 4.41. The third kappa shape index (κ3) is 1.99. The van der Waals surface area contributed by atoms with Gasteiger partial charge < -0.3 is 5.73 Å². The van der Waals surface area contributed by atoms with E-state index < -0.39 is 0 Å². The van der Waals surface area contributed by atoms with Gasteiger partial charge in [0.2, 0.25) is 0 Å². The molecule has 0 fully saturated rings. The van der Waals surface area contributed by atoms with Crippen LogP contribution in [-0.4, -0.2) is 11.5 Å². The number of aryl methyl sites for hydroxylation is 1. The van der Waals surface area contributed by atoms with E-state index >= 15 is 0 Å². The quantitative estimate of drug-likeness (QED) is 0.902. The van der Waals surface area contributed by atoms with Crippen molar-refractivity contribution in [1.82, 2.24) is 4.98 Å². The van der Waals surface area contributed by atoms with Crippen LogP contribution in [0.2, 0.25) is 5.02 Å². The first kappa shape index (κ1) is 11.2. The third-order valence-electron chi connectivity index (χ3n) is 3.19. The molecule has 0 saturated carbocycles. The molecule has 88 valence electrons. The van der Waals surface area contributed by atoms with E-state index in [1.54, 1.807) is 11.3 Å². The zero-order valence-corrected chi connectivity index (χ0v) is 10.9. The molecule has 1 aliphatic rings. The third-order valence-corrected chi connectivity index (χ3v) is 4.61. The Morgan fingerprint density at radius 1 is 1.47 bits per heavy atom. The minimum absolute atomic E-state index is 0.453. The molecule has 3 rings (SSSR count). The van der Waals surface area contributed by atoms with E-state index in [2.05, 4.69) is 6.07 Å². The fourth-order valence-corrected chi connectivity index (χ4v) is 3.63. The summed E-state index contributed by atoms with van der Waals surface area (Å²) < 4.78 is 0. The van der Waals surface area contributed by atoms with Crippen LogP contribution in [0.3, 0.4) is 0 Å². The van der Waals surface area contributed by atoms with Gasteiger partial charge in [-0.1, -0.05) is 23.7 Å². The lowest BCUT2D eigenvalue weighted by Gasteiger charge is -2.03. The highest BCUT2D eigenvalue weighted by Gasteiger charge is 2.26. The molecule has 0 bridgehead atoms. The number of benzene rings is 1. The monoisotopic (exact) mass is 264 g/mol. The highest BCUT2D eigenvalue weighted by molar-refractivity contribution is 7.15. The summed E-state index contributed by atoms with van der Waals surface area (Å²) in [6, 6.07) is 7.87. The van der Waals surface area contributed by atoms with Crippen LogP contribution in [0.1, 0.15) is 22.9 Å². The van der Waals surface area contributed by atoms with Crippen molar-refractivity contribution in [2.75, 3.05) is 6.54 Å². The number of hydrogen-bond donors (Lipinski definition) is 1. The molecule has 0 spiro atoms. The lowest BCUT2D eigenvalue weighted by Crippen LogP contribution is -2.09. The molecule has 1 aliphatic carbocycles. The fraction of sp³-hybridized carbons (Fsp3) is 0.308. The molecule has 17 heavy (non-hydrogen) atoms. The van der Waals surface area contributed by atoms with Crippen molar-refractivity contribution in [3.8, 4) is 10.6 Å². The van der Waals surface area contributed by atoms with Crippen LogP contribution in [0.15, 0.2) is 24.3 Å². The van der Waals surface area contributed by atoms with Crippen LogP contribution in [0.5, 0.6) is 0 Å². The van der Waals surface area contributed by atoms with Crippen LogP contribution >= 0.6 is 22.9 Å². The van der Waals surface area contributed by atoms with Gasteiger partial charge in [-0.05, 0) is 25.0 Å². The topological polar surface area (TPSA) is 38.9 Å². The van der Waals surface area contributed by atoms with Gasteiger partial charge in [0.1, 0.15) is 5.01 Å².